The smallest absolute Gasteiger partial charge is 0.125 e. The van der Waals surface area contributed by atoms with E-state index in [1.54, 1.807) is 6.20 Å². The predicted molar refractivity (Wildman–Crippen MR) is 61.1 cm³/mol. The number of hydrogen-bond donors (Lipinski definition) is 2. The third-order valence-electron chi connectivity index (χ3n) is 2.76. The predicted octanol–water partition coefficient (Wildman–Crippen LogP) is 1.99. The average molecular weight is 256 g/mol. The summed E-state index contributed by atoms with van der Waals surface area (Å²) in [6.45, 7) is 1.72. The van der Waals surface area contributed by atoms with Gasteiger partial charge in [-0.2, -0.15) is 0 Å². The Labute approximate surface area is 92.2 Å². The molecule has 0 atom stereocenters. The number of nitrogens with one attached hydrogen (secondary N) is 1. The standard InChI is InChI=1S/C10H14BrN3/c11-8-1-2-9(13-5-8)14-7-10(6-12)3-4-10/h1-2,5H,3-4,6-7,12H2,(H,13,14). The van der Waals surface area contributed by atoms with Crippen LogP contribution < -0.4 is 11.1 Å². The van der Waals surface area contributed by atoms with Crippen LogP contribution in [0.2, 0.25) is 0 Å². The van der Waals surface area contributed by atoms with Crippen LogP contribution in [0.3, 0.4) is 0 Å². The molecule has 0 bridgehead atoms. The van der Waals surface area contributed by atoms with Crippen LogP contribution in [0.5, 0.6) is 0 Å². The summed E-state index contributed by atoms with van der Waals surface area (Å²) >= 11 is 3.35. The number of pyridine rings is 1. The monoisotopic (exact) mass is 255 g/mol. The molecule has 3 N–H and O–H groups in total. The molecule has 76 valence electrons. The molecule has 1 aliphatic carbocycles. The molecule has 0 unspecified atom stereocenters. The molecule has 1 aliphatic rings. The minimum Gasteiger partial charge on any atom is -0.369 e. The second-order valence-corrected chi connectivity index (χ2v) is 4.84. The van der Waals surface area contributed by atoms with Crippen LogP contribution in [0.15, 0.2) is 22.8 Å². The normalized spacial score (nSPS) is 17.9. The summed E-state index contributed by atoms with van der Waals surface area (Å²) in [5, 5.41) is 3.31. The number of halogens is 1. The third kappa shape index (κ3) is 2.25. The molecule has 0 saturated heterocycles. The molecule has 0 spiro atoms. The Hall–Kier alpha value is -0.610. The Kier molecular flexibility index (Phi) is 2.74. The summed E-state index contributed by atoms with van der Waals surface area (Å²) in [5.41, 5.74) is 6.05. The lowest BCUT2D eigenvalue weighted by Gasteiger charge is -2.13. The summed E-state index contributed by atoms with van der Waals surface area (Å²) < 4.78 is 1.00. The maximum absolute atomic E-state index is 5.69. The molecular weight excluding hydrogens is 242 g/mol. The molecule has 1 saturated carbocycles. The van der Waals surface area contributed by atoms with Gasteiger partial charge in [0.2, 0.25) is 0 Å². The first kappa shape index (κ1) is 9.93. The summed E-state index contributed by atoms with van der Waals surface area (Å²) in [7, 11) is 0. The second kappa shape index (κ2) is 3.87. The fraction of sp³-hybridized carbons (Fsp3) is 0.500. The number of hydrogen-bond acceptors (Lipinski definition) is 3. The molecule has 0 aromatic carbocycles. The summed E-state index contributed by atoms with van der Waals surface area (Å²) in [6, 6.07) is 3.95. The van der Waals surface area contributed by atoms with Crippen molar-refractivity contribution >= 4 is 21.7 Å². The SMILES string of the molecule is NCC1(CNc2ccc(Br)cn2)CC1. The van der Waals surface area contributed by atoms with Crippen LogP contribution in [-0.4, -0.2) is 18.1 Å². The van der Waals surface area contributed by atoms with Gasteiger partial charge < -0.3 is 11.1 Å². The van der Waals surface area contributed by atoms with E-state index in [2.05, 4.69) is 26.2 Å². The number of anilines is 1. The van der Waals surface area contributed by atoms with Crippen LogP contribution in [0, 0.1) is 5.41 Å². The molecule has 1 heterocycles. The average Bonchev–Trinajstić information content (AvgIpc) is 2.98. The first-order valence-electron chi connectivity index (χ1n) is 4.80. The Morgan fingerprint density at radius 2 is 2.29 bits per heavy atom. The zero-order chi connectivity index (χ0) is 10.0. The molecule has 4 heteroatoms. The van der Waals surface area contributed by atoms with Crippen molar-refractivity contribution in [1.82, 2.24) is 4.98 Å². The third-order valence-corrected chi connectivity index (χ3v) is 3.23. The number of nitrogens with zero attached hydrogens (tertiary/aromatic N) is 1. The van der Waals surface area contributed by atoms with Gasteiger partial charge in [0, 0.05) is 17.2 Å². The fourth-order valence-electron chi connectivity index (χ4n) is 1.39. The molecule has 3 nitrogen and oxygen atoms in total. The maximum Gasteiger partial charge on any atom is 0.125 e. The van der Waals surface area contributed by atoms with Gasteiger partial charge in [0.25, 0.3) is 0 Å². The molecule has 2 rings (SSSR count). The van der Waals surface area contributed by atoms with E-state index in [9.17, 15) is 0 Å². The molecule has 0 aliphatic heterocycles. The largest absolute Gasteiger partial charge is 0.369 e. The maximum atomic E-state index is 5.69. The van der Waals surface area contributed by atoms with Gasteiger partial charge in [-0.25, -0.2) is 4.98 Å². The van der Waals surface area contributed by atoms with E-state index in [-0.39, 0.29) is 0 Å². The van der Waals surface area contributed by atoms with E-state index in [4.69, 9.17) is 5.73 Å². The zero-order valence-electron chi connectivity index (χ0n) is 7.96. The van der Waals surface area contributed by atoms with Gasteiger partial charge in [0.1, 0.15) is 5.82 Å². The molecule has 14 heavy (non-hydrogen) atoms. The highest BCUT2D eigenvalue weighted by atomic mass is 79.9. The Morgan fingerprint density at radius 1 is 1.50 bits per heavy atom. The molecule has 1 aromatic heterocycles. The van der Waals surface area contributed by atoms with E-state index >= 15 is 0 Å². The Morgan fingerprint density at radius 3 is 2.79 bits per heavy atom. The fourth-order valence-corrected chi connectivity index (χ4v) is 1.62. The summed E-state index contributed by atoms with van der Waals surface area (Å²) in [5.74, 6) is 0.924. The van der Waals surface area contributed by atoms with Crippen molar-refractivity contribution < 1.29 is 0 Å². The van der Waals surface area contributed by atoms with E-state index in [0.717, 1.165) is 23.4 Å². The van der Waals surface area contributed by atoms with Crippen LogP contribution >= 0.6 is 15.9 Å². The topological polar surface area (TPSA) is 50.9 Å². The minimum atomic E-state index is 0.356. The lowest BCUT2D eigenvalue weighted by atomic mass is 10.1. The van der Waals surface area contributed by atoms with Crippen molar-refractivity contribution in [2.75, 3.05) is 18.4 Å². The van der Waals surface area contributed by atoms with E-state index < -0.39 is 0 Å². The van der Waals surface area contributed by atoms with Gasteiger partial charge in [-0.15, -0.1) is 0 Å². The minimum absolute atomic E-state index is 0.356. The highest BCUT2D eigenvalue weighted by Gasteiger charge is 2.40. The van der Waals surface area contributed by atoms with Crippen LogP contribution in [0.25, 0.3) is 0 Å². The number of aromatic nitrogens is 1. The van der Waals surface area contributed by atoms with Gasteiger partial charge in [0.15, 0.2) is 0 Å². The lowest BCUT2D eigenvalue weighted by molar-refractivity contribution is 0.555. The van der Waals surface area contributed by atoms with Crippen molar-refractivity contribution in [2.45, 2.75) is 12.8 Å². The van der Waals surface area contributed by atoms with Crippen molar-refractivity contribution in [3.8, 4) is 0 Å². The molecular formula is C10H14BrN3. The van der Waals surface area contributed by atoms with Crippen LogP contribution in [-0.2, 0) is 0 Å². The van der Waals surface area contributed by atoms with Crippen LogP contribution in [0.4, 0.5) is 5.82 Å². The van der Waals surface area contributed by atoms with Crippen molar-refractivity contribution in [2.24, 2.45) is 11.1 Å². The van der Waals surface area contributed by atoms with Crippen molar-refractivity contribution in [3.05, 3.63) is 22.8 Å². The van der Waals surface area contributed by atoms with Gasteiger partial charge in [-0.1, -0.05) is 0 Å². The molecule has 0 amide bonds. The van der Waals surface area contributed by atoms with Gasteiger partial charge in [0.05, 0.1) is 0 Å². The highest BCUT2D eigenvalue weighted by Crippen LogP contribution is 2.44. The first-order valence-corrected chi connectivity index (χ1v) is 5.59. The van der Waals surface area contributed by atoms with Crippen molar-refractivity contribution in [3.63, 3.8) is 0 Å². The molecule has 1 fully saturated rings. The number of rotatable bonds is 4. The highest BCUT2D eigenvalue weighted by molar-refractivity contribution is 9.10. The molecule has 1 aromatic rings. The van der Waals surface area contributed by atoms with Gasteiger partial charge in [-0.05, 0) is 52.9 Å². The second-order valence-electron chi connectivity index (χ2n) is 3.92. The van der Waals surface area contributed by atoms with Crippen LogP contribution in [0.1, 0.15) is 12.8 Å². The quantitative estimate of drug-likeness (QED) is 0.866. The van der Waals surface area contributed by atoms with E-state index in [0.29, 0.717) is 5.41 Å². The summed E-state index contributed by atoms with van der Waals surface area (Å²) in [6.07, 6.45) is 4.28. The van der Waals surface area contributed by atoms with E-state index in [1.807, 2.05) is 12.1 Å². The molecule has 0 radical (unpaired) electrons. The lowest BCUT2D eigenvalue weighted by Crippen LogP contribution is -2.24. The van der Waals surface area contributed by atoms with Gasteiger partial charge in [-0.3, -0.25) is 0 Å². The van der Waals surface area contributed by atoms with E-state index in [1.165, 1.54) is 12.8 Å². The Bertz CT molecular complexity index is 306. The Balaban J connectivity index is 1.89. The van der Waals surface area contributed by atoms with Gasteiger partial charge >= 0.3 is 0 Å². The van der Waals surface area contributed by atoms with Crippen molar-refractivity contribution in [1.29, 1.82) is 0 Å². The summed E-state index contributed by atoms with van der Waals surface area (Å²) in [4.78, 5) is 4.24. The zero-order valence-corrected chi connectivity index (χ0v) is 9.55. The first-order chi connectivity index (χ1) is 6.74. The number of nitrogens with two attached hydrogens (primary N) is 1.